The first-order valence-corrected chi connectivity index (χ1v) is 8.18. The first-order chi connectivity index (χ1) is 11.3. The molecule has 1 heterocycles. The number of fused-ring (bicyclic) bond motifs is 1. The largest absolute Gasteiger partial charge is 0.399 e. The molecule has 2 aromatic carbocycles. The summed E-state index contributed by atoms with van der Waals surface area (Å²) in [5.74, 6) is 0.123. The summed E-state index contributed by atoms with van der Waals surface area (Å²) in [4.78, 5) is 20.9. The van der Waals surface area contributed by atoms with Gasteiger partial charge in [0.2, 0.25) is 11.1 Å². The van der Waals surface area contributed by atoms with Gasteiger partial charge in [0.1, 0.15) is 5.38 Å². The highest BCUT2D eigenvalue weighted by Gasteiger charge is 2.25. The van der Waals surface area contributed by atoms with Crippen molar-refractivity contribution < 1.29 is 9.59 Å². The molecule has 1 aliphatic heterocycles. The van der Waals surface area contributed by atoms with E-state index in [1.807, 2.05) is 61.5 Å². The number of nitrogens with one attached hydrogen (secondary N) is 1. The molecule has 3 rings (SSSR count). The maximum absolute atomic E-state index is 11.1. The van der Waals surface area contributed by atoms with Crippen LogP contribution in [0, 0.1) is 0 Å². The topological polar surface area (TPSA) is 72.2 Å². The van der Waals surface area contributed by atoms with Crippen LogP contribution in [0.1, 0.15) is 25.3 Å². The molecule has 0 bridgehead atoms. The van der Waals surface area contributed by atoms with Crippen LogP contribution in [0.15, 0.2) is 54.6 Å². The number of anilines is 2. The summed E-state index contributed by atoms with van der Waals surface area (Å²) in [6.45, 7) is 3.44. The molecule has 0 fully saturated rings. The van der Waals surface area contributed by atoms with Gasteiger partial charge < -0.3 is 11.1 Å². The van der Waals surface area contributed by atoms with E-state index in [0.717, 1.165) is 16.9 Å². The number of hydrogen-bond acceptors (Lipinski definition) is 3. The maximum atomic E-state index is 11.1. The lowest BCUT2D eigenvalue weighted by Crippen LogP contribution is -2.08. The molecule has 128 valence electrons. The second kappa shape index (κ2) is 9.96. The Morgan fingerprint density at radius 2 is 1.62 bits per heavy atom. The number of nitrogen functional groups attached to an aromatic ring is 1. The fraction of sp³-hybridized carbons (Fsp3) is 0.222. The summed E-state index contributed by atoms with van der Waals surface area (Å²) in [6.07, 6.45) is 0. The first-order valence-electron chi connectivity index (χ1n) is 7.36. The zero-order chi connectivity index (χ0) is 18.1. The van der Waals surface area contributed by atoms with E-state index in [-0.39, 0.29) is 11.8 Å². The Morgan fingerprint density at radius 3 is 2.04 bits per heavy atom. The van der Waals surface area contributed by atoms with E-state index >= 15 is 0 Å². The summed E-state index contributed by atoms with van der Waals surface area (Å²) in [6, 6.07) is 17.3. The summed E-state index contributed by atoms with van der Waals surface area (Å²) in [5, 5.41) is 1.76. The highest BCUT2D eigenvalue weighted by molar-refractivity contribution is 6.69. The molecular weight excluding hydrogens is 347 g/mol. The summed E-state index contributed by atoms with van der Waals surface area (Å²) >= 11 is 9.97. The number of hydrogen-bond donors (Lipinski definition) is 2. The highest BCUT2D eigenvalue weighted by Crippen LogP contribution is 2.30. The minimum Gasteiger partial charge on any atom is -0.399 e. The van der Waals surface area contributed by atoms with E-state index < -0.39 is 10.6 Å². The lowest BCUT2D eigenvalue weighted by molar-refractivity contribution is -0.116. The van der Waals surface area contributed by atoms with E-state index in [2.05, 4.69) is 5.32 Å². The lowest BCUT2D eigenvalue weighted by Gasteiger charge is -1.97. The minimum atomic E-state index is -0.549. The Bertz CT molecular complexity index is 676. The fourth-order valence-electron chi connectivity index (χ4n) is 1.82. The summed E-state index contributed by atoms with van der Waals surface area (Å²) in [5.41, 5.74) is 8.25. The molecule has 0 spiro atoms. The van der Waals surface area contributed by atoms with Crippen LogP contribution in [-0.4, -0.2) is 16.5 Å². The number of amides is 1. The molecule has 1 amide bonds. The normalized spacial score (nSPS) is 15.7. The zero-order valence-corrected chi connectivity index (χ0v) is 15.0. The minimum absolute atomic E-state index is 0.0196. The first kappa shape index (κ1) is 20.0. The predicted molar refractivity (Wildman–Crippen MR) is 101 cm³/mol. The van der Waals surface area contributed by atoms with E-state index in [0.29, 0.717) is 0 Å². The molecular formula is C18H20Cl2N2O2. The van der Waals surface area contributed by atoms with Crippen LogP contribution in [0.2, 0.25) is 0 Å². The highest BCUT2D eigenvalue weighted by atomic mass is 35.5. The van der Waals surface area contributed by atoms with Crippen molar-refractivity contribution in [2.24, 2.45) is 0 Å². The van der Waals surface area contributed by atoms with Crippen molar-refractivity contribution in [3.8, 4) is 0 Å². The Morgan fingerprint density at radius 1 is 1.12 bits per heavy atom. The molecule has 2 unspecified atom stereocenters. The van der Waals surface area contributed by atoms with Gasteiger partial charge >= 0.3 is 0 Å². The van der Waals surface area contributed by atoms with E-state index in [4.69, 9.17) is 28.9 Å². The van der Waals surface area contributed by atoms with Gasteiger partial charge in [-0.1, -0.05) is 36.4 Å². The maximum Gasteiger partial charge on any atom is 0.239 e. The Kier molecular flexibility index (Phi) is 8.30. The molecule has 0 aromatic heterocycles. The Hall–Kier alpha value is -2.04. The van der Waals surface area contributed by atoms with Crippen LogP contribution >= 0.6 is 23.2 Å². The van der Waals surface area contributed by atoms with Crippen LogP contribution < -0.4 is 11.1 Å². The molecule has 6 heteroatoms. The number of alkyl halides is 1. The number of halogens is 2. The third-order valence-corrected chi connectivity index (χ3v) is 3.83. The Labute approximate surface area is 152 Å². The average molecular weight is 367 g/mol. The molecule has 0 saturated carbocycles. The van der Waals surface area contributed by atoms with Gasteiger partial charge in [-0.2, -0.15) is 0 Å². The molecule has 0 aliphatic carbocycles. The van der Waals surface area contributed by atoms with Crippen LogP contribution in [0.5, 0.6) is 0 Å². The third kappa shape index (κ3) is 6.60. The molecule has 4 nitrogen and oxygen atoms in total. The van der Waals surface area contributed by atoms with Gasteiger partial charge in [-0.05, 0) is 49.2 Å². The quantitative estimate of drug-likeness (QED) is 0.446. The number of benzene rings is 2. The van der Waals surface area contributed by atoms with Gasteiger partial charge in [-0.25, -0.2) is 0 Å². The van der Waals surface area contributed by atoms with Crippen molar-refractivity contribution in [2.45, 2.75) is 25.1 Å². The monoisotopic (exact) mass is 366 g/mol. The second-order valence-corrected chi connectivity index (χ2v) is 6.16. The SMILES string of the molecule is CC(Cl)C(=O)Cl.CC1C(=O)Nc2ccccc21.Nc1ccccc1. The molecule has 0 saturated heterocycles. The van der Waals surface area contributed by atoms with Gasteiger partial charge in [0.05, 0.1) is 5.92 Å². The number of carbonyl (C=O) groups excluding carboxylic acids is 2. The van der Waals surface area contributed by atoms with Crippen molar-refractivity contribution in [3.63, 3.8) is 0 Å². The number of rotatable bonds is 1. The molecule has 0 radical (unpaired) electrons. The third-order valence-electron chi connectivity index (χ3n) is 3.19. The molecule has 1 aliphatic rings. The van der Waals surface area contributed by atoms with Crippen LogP contribution in [-0.2, 0) is 9.59 Å². The van der Waals surface area contributed by atoms with Crippen molar-refractivity contribution in [3.05, 3.63) is 60.2 Å². The van der Waals surface area contributed by atoms with Gasteiger partial charge in [-0.15, -0.1) is 11.6 Å². The summed E-state index contributed by atoms with van der Waals surface area (Å²) < 4.78 is 0. The van der Waals surface area contributed by atoms with Crippen LogP contribution in [0.25, 0.3) is 0 Å². The van der Waals surface area contributed by atoms with Crippen LogP contribution in [0.4, 0.5) is 11.4 Å². The van der Waals surface area contributed by atoms with Gasteiger partial charge in [0, 0.05) is 11.4 Å². The average Bonchev–Trinajstić information content (AvgIpc) is 2.84. The second-order valence-electron chi connectivity index (χ2n) is 5.13. The molecule has 3 N–H and O–H groups in total. The van der Waals surface area contributed by atoms with Gasteiger partial charge in [0.15, 0.2) is 0 Å². The van der Waals surface area contributed by atoms with Crippen molar-refractivity contribution in [2.75, 3.05) is 11.1 Å². The fourth-order valence-corrected chi connectivity index (χ4v) is 1.82. The van der Waals surface area contributed by atoms with Crippen molar-refractivity contribution in [1.82, 2.24) is 0 Å². The molecule has 2 atom stereocenters. The molecule has 2 aromatic rings. The van der Waals surface area contributed by atoms with Crippen LogP contribution in [0.3, 0.4) is 0 Å². The van der Waals surface area contributed by atoms with Gasteiger partial charge in [0.25, 0.3) is 0 Å². The van der Waals surface area contributed by atoms with Crippen molar-refractivity contribution >= 4 is 45.7 Å². The van der Waals surface area contributed by atoms with E-state index in [1.165, 1.54) is 6.92 Å². The number of nitrogens with two attached hydrogens (primary N) is 1. The predicted octanol–water partition coefficient (Wildman–Crippen LogP) is 4.39. The zero-order valence-electron chi connectivity index (χ0n) is 13.5. The number of carbonyl (C=O) groups is 2. The lowest BCUT2D eigenvalue weighted by atomic mass is 10.0. The van der Waals surface area contributed by atoms with E-state index in [9.17, 15) is 9.59 Å². The van der Waals surface area contributed by atoms with E-state index in [1.54, 1.807) is 0 Å². The smallest absolute Gasteiger partial charge is 0.239 e. The van der Waals surface area contributed by atoms with Crippen molar-refractivity contribution in [1.29, 1.82) is 0 Å². The Balaban J connectivity index is 0.000000194. The molecule has 24 heavy (non-hydrogen) atoms. The van der Waals surface area contributed by atoms with Gasteiger partial charge in [-0.3, -0.25) is 9.59 Å². The standard InChI is InChI=1S/C9H9NO.C6H7N.C3H4Cl2O/c1-6-7-4-2-3-5-8(7)10-9(6)11;7-6-4-2-1-3-5-6;1-2(4)3(5)6/h2-6H,1H3,(H,10,11);1-5H,7H2;2H,1H3. The number of para-hydroxylation sites is 2. The summed E-state index contributed by atoms with van der Waals surface area (Å²) in [7, 11) is 0.